The first-order valence-corrected chi connectivity index (χ1v) is 9.85. The lowest BCUT2D eigenvalue weighted by molar-refractivity contribution is 0.183. The highest BCUT2D eigenvalue weighted by molar-refractivity contribution is 5.74. The average Bonchev–Trinajstić information content (AvgIpc) is 2.64. The molecule has 1 aromatic rings. The van der Waals surface area contributed by atoms with E-state index >= 15 is 0 Å². The lowest BCUT2D eigenvalue weighted by Gasteiger charge is -2.39. The third kappa shape index (κ3) is 5.13. The Balaban J connectivity index is 2.02. The molecule has 1 aliphatic heterocycles. The van der Waals surface area contributed by atoms with Gasteiger partial charge in [-0.1, -0.05) is 45.9 Å². The zero-order valence-corrected chi connectivity index (χ0v) is 17.0. The van der Waals surface area contributed by atoms with Crippen molar-refractivity contribution in [3.05, 3.63) is 29.3 Å². The van der Waals surface area contributed by atoms with Crippen molar-refractivity contribution < 1.29 is 9.53 Å². The van der Waals surface area contributed by atoms with Crippen LogP contribution in [0, 0.1) is 0 Å². The molecule has 1 fully saturated rings. The molecule has 1 aromatic carbocycles. The van der Waals surface area contributed by atoms with Crippen molar-refractivity contribution in [3.63, 3.8) is 0 Å². The number of benzene rings is 1. The fourth-order valence-corrected chi connectivity index (χ4v) is 3.53. The molecule has 146 valence electrons. The normalized spacial score (nSPS) is 15.0. The smallest absolute Gasteiger partial charge is 0.317 e. The molecule has 0 unspecified atom stereocenters. The summed E-state index contributed by atoms with van der Waals surface area (Å²) < 4.78 is 5.02. The molecule has 1 heterocycles. The first-order chi connectivity index (χ1) is 12.5. The molecule has 0 atom stereocenters. The van der Waals surface area contributed by atoms with Crippen molar-refractivity contribution in [2.75, 3.05) is 51.3 Å². The molecule has 0 radical (unpaired) electrons. The molecule has 2 rings (SSSR count). The lowest BCUT2D eigenvalue weighted by Crippen LogP contribution is -2.52. The van der Waals surface area contributed by atoms with Crippen molar-refractivity contribution in [1.82, 2.24) is 10.2 Å². The van der Waals surface area contributed by atoms with E-state index in [1.807, 2.05) is 4.90 Å². The van der Waals surface area contributed by atoms with Gasteiger partial charge in [0.1, 0.15) is 0 Å². The quantitative estimate of drug-likeness (QED) is 0.751. The van der Waals surface area contributed by atoms with Crippen LogP contribution in [0.2, 0.25) is 0 Å². The highest BCUT2D eigenvalue weighted by atomic mass is 16.5. The standard InChI is InChI=1S/C21H35N3O2/c1-16(2)18-8-6-9-19(17(3)4)20(18)23-11-13-24(14-12-23)21(25)22-10-7-15-26-5/h6,8-9,16-17H,7,10-15H2,1-5H3,(H,22,25). The summed E-state index contributed by atoms with van der Waals surface area (Å²) in [6.45, 7) is 13.7. The minimum atomic E-state index is 0.0435. The van der Waals surface area contributed by atoms with Crippen LogP contribution in [0.1, 0.15) is 57.1 Å². The number of anilines is 1. The Hall–Kier alpha value is -1.75. The number of para-hydroxylation sites is 1. The Labute approximate surface area is 158 Å². The number of urea groups is 1. The van der Waals surface area contributed by atoms with Crippen molar-refractivity contribution in [1.29, 1.82) is 0 Å². The summed E-state index contributed by atoms with van der Waals surface area (Å²) in [6, 6.07) is 6.72. The number of ether oxygens (including phenoxy) is 1. The van der Waals surface area contributed by atoms with E-state index in [0.717, 1.165) is 32.6 Å². The van der Waals surface area contributed by atoms with Gasteiger partial charge in [0, 0.05) is 52.1 Å². The van der Waals surface area contributed by atoms with Gasteiger partial charge < -0.3 is 19.9 Å². The second-order valence-corrected chi connectivity index (χ2v) is 7.65. The summed E-state index contributed by atoms with van der Waals surface area (Å²) in [5.41, 5.74) is 4.21. The fraction of sp³-hybridized carbons (Fsp3) is 0.667. The van der Waals surface area contributed by atoms with E-state index in [2.05, 4.69) is 56.1 Å². The molecule has 0 saturated carbocycles. The summed E-state index contributed by atoms with van der Waals surface area (Å²) in [5.74, 6) is 0.983. The van der Waals surface area contributed by atoms with E-state index < -0.39 is 0 Å². The zero-order valence-electron chi connectivity index (χ0n) is 17.0. The maximum Gasteiger partial charge on any atom is 0.317 e. The first-order valence-electron chi connectivity index (χ1n) is 9.85. The largest absolute Gasteiger partial charge is 0.385 e. The summed E-state index contributed by atoms with van der Waals surface area (Å²) in [6.07, 6.45) is 0.849. The molecule has 5 heteroatoms. The van der Waals surface area contributed by atoms with Crippen molar-refractivity contribution >= 4 is 11.7 Å². The Bertz CT molecular complexity index is 552. The molecule has 0 bridgehead atoms. The lowest BCUT2D eigenvalue weighted by atomic mass is 9.91. The second-order valence-electron chi connectivity index (χ2n) is 7.65. The number of hydrogen-bond acceptors (Lipinski definition) is 3. The highest BCUT2D eigenvalue weighted by Crippen LogP contribution is 2.35. The maximum absolute atomic E-state index is 12.3. The number of nitrogens with one attached hydrogen (secondary N) is 1. The number of hydrogen-bond donors (Lipinski definition) is 1. The summed E-state index contributed by atoms with van der Waals surface area (Å²) in [4.78, 5) is 16.7. The number of nitrogens with zero attached hydrogens (tertiary/aromatic N) is 2. The predicted octanol–water partition coefficient (Wildman–Crippen LogP) is 3.80. The van der Waals surface area contributed by atoms with Crippen LogP contribution in [0.25, 0.3) is 0 Å². The Morgan fingerprint density at radius 1 is 1.08 bits per heavy atom. The third-order valence-electron chi connectivity index (χ3n) is 5.03. The van der Waals surface area contributed by atoms with Crippen LogP contribution in [0.15, 0.2) is 18.2 Å². The number of carbonyl (C=O) groups excluding carboxylic acids is 1. The van der Waals surface area contributed by atoms with Gasteiger partial charge in [0.15, 0.2) is 0 Å². The van der Waals surface area contributed by atoms with Gasteiger partial charge in [0.2, 0.25) is 0 Å². The van der Waals surface area contributed by atoms with Crippen molar-refractivity contribution in [2.24, 2.45) is 0 Å². The van der Waals surface area contributed by atoms with E-state index in [1.54, 1.807) is 7.11 Å². The molecule has 0 aliphatic carbocycles. The predicted molar refractivity (Wildman–Crippen MR) is 108 cm³/mol. The minimum Gasteiger partial charge on any atom is -0.385 e. The third-order valence-corrected chi connectivity index (χ3v) is 5.03. The molecule has 2 amide bonds. The number of rotatable bonds is 7. The average molecular weight is 362 g/mol. The molecular formula is C21H35N3O2. The van der Waals surface area contributed by atoms with Crippen LogP contribution in [0.5, 0.6) is 0 Å². The van der Waals surface area contributed by atoms with E-state index in [1.165, 1.54) is 16.8 Å². The van der Waals surface area contributed by atoms with Crippen molar-refractivity contribution in [2.45, 2.75) is 46.0 Å². The van der Waals surface area contributed by atoms with E-state index in [4.69, 9.17) is 4.74 Å². The van der Waals surface area contributed by atoms with E-state index in [-0.39, 0.29) is 6.03 Å². The Kier molecular flexibility index (Phi) is 7.76. The van der Waals surface area contributed by atoms with Crippen molar-refractivity contribution in [3.8, 4) is 0 Å². The first kappa shape index (κ1) is 20.6. The van der Waals surface area contributed by atoms with Crippen LogP contribution in [0.3, 0.4) is 0 Å². The number of amides is 2. The van der Waals surface area contributed by atoms with Crippen LogP contribution >= 0.6 is 0 Å². The fourth-order valence-electron chi connectivity index (χ4n) is 3.53. The molecule has 0 spiro atoms. The Morgan fingerprint density at radius 2 is 1.65 bits per heavy atom. The van der Waals surface area contributed by atoms with Gasteiger partial charge in [-0.25, -0.2) is 4.79 Å². The monoisotopic (exact) mass is 361 g/mol. The van der Waals surface area contributed by atoms with Gasteiger partial charge in [-0.2, -0.15) is 0 Å². The minimum absolute atomic E-state index is 0.0435. The second kappa shape index (κ2) is 9.81. The van der Waals surface area contributed by atoms with E-state index in [9.17, 15) is 4.79 Å². The number of methoxy groups -OCH3 is 1. The molecule has 1 saturated heterocycles. The van der Waals surface area contributed by atoms with Crippen LogP contribution in [0.4, 0.5) is 10.5 Å². The Morgan fingerprint density at radius 3 is 2.15 bits per heavy atom. The van der Waals surface area contributed by atoms with Gasteiger partial charge in [-0.3, -0.25) is 0 Å². The van der Waals surface area contributed by atoms with Gasteiger partial charge in [-0.15, -0.1) is 0 Å². The van der Waals surface area contributed by atoms with Gasteiger partial charge in [0.05, 0.1) is 0 Å². The van der Waals surface area contributed by atoms with Gasteiger partial charge >= 0.3 is 6.03 Å². The van der Waals surface area contributed by atoms with Crippen LogP contribution in [-0.2, 0) is 4.74 Å². The number of piperazine rings is 1. The van der Waals surface area contributed by atoms with Gasteiger partial charge in [-0.05, 0) is 29.4 Å². The van der Waals surface area contributed by atoms with Gasteiger partial charge in [0.25, 0.3) is 0 Å². The molecular weight excluding hydrogens is 326 g/mol. The van der Waals surface area contributed by atoms with E-state index in [0.29, 0.717) is 25.0 Å². The molecule has 5 nitrogen and oxygen atoms in total. The maximum atomic E-state index is 12.3. The van der Waals surface area contributed by atoms with Crippen LogP contribution in [-0.4, -0.2) is 57.4 Å². The SMILES string of the molecule is COCCCNC(=O)N1CCN(c2c(C(C)C)cccc2C(C)C)CC1. The zero-order chi connectivity index (χ0) is 19.1. The summed E-state index contributed by atoms with van der Waals surface area (Å²) in [7, 11) is 1.68. The molecule has 26 heavy (non-hydrogen) atoms. The highest BCUT2D eigenvalue weighted by Gasteiger charge is 2.25. The topological polar surface area (TPSA) is 44.8 Å². The molecule has 1 N–H and O–H groups in total. The summed E-state index contributed by atoms with van der Waals surface area (Å²) >= 11 is 0. The number of carbonyl (C=O) groups is 1. The van der Waals surface area contributed by atoms with Crippen LogP contribution < -0.4 is 10.2 Å². The molecule has 1 aliphatic rings. The molecule has 0 aromatic heterocycles. The summed E-state index contributed by atoms with van der Waals surface area (Å²) in [5, 5.41) is 2.99.